The predicted octanol–water partition coefficient (Wildman–Crippen LogP) is 2.63. The molecule has 4 aromatic carbocycles. The second-order valence-electron chi connectivity index (χ2n) is 13.4. The van der Waals surface area contributed by atoms with E-state index < -0.39 is 58.9 Å². The minimum Gasteiger partial charge on any atom is -0.507 e. The Hall–Kier alpha value is -6.78. The van der Waals surface area contributed by atoms with Crippen molar-refractivity contribution in [2.75, 3.05) is 36.8 Å². The summed E-state index contributed by atoms with van der Waals surface area (Å²) in [5.74, 6) is -4.42. The van der Waals surface area contributed by atoms with Crippen LogP contribution < -0.4 is 32.7 Å². The second kappa shape index (κ2) is 20.4. The van der Waals surface area contributed by atoms with Crippen LogP contribution in [0.3, 0.4) is 0 Å². The summed E-state index contributed by atoms with van der Waals surface area (Å²) in [5.41, 5.74) is 13.2. The summed E-state index contributed by atoms with van der Waals surface area (Å²) in [6.45, 7) is 0.518. The van der Waals surface area contributed by atoms with Gasteiger partial charge in [0.25, 0.3) is 0 Å². The van der Waals surface area contributed by atoms with Gasteiger partial charge in [0.05, 0.1) is 34.3 Å². The fourth-order valence-corrected chi connectivity index (χ4v) is 6.12. The first kappa shape index (κ1) is 42.4. The van der Waals surface area contributed by atoms with Crippen molar-refractivity contribution in [2.45, 2.75) is 51.0 Å². The van der Waals surface area contributed by atoms with E-state index in [1.54, 1.807) is 0 Å². The van der Waals surface area contributed by atoms with E-state index in [9.17, 15) is 39.0 Å². The number of hydrogen-bond acceptors (Lipinski definition) is 14. The summed E-state index contributed by atoms with van der Waals surface area (Å²) in [6.07, 6.45) is 0.00741. The molecular weight excluding hydrogens is 748 g/mol. The number of fused-ring (bicyclic) bond motifs is 2. The van der Waals surface area contributed by atoms with Crippen molar-refractivity contribution < 1.29 is 48.5 Å². The number of aromatic hydroxyl groups is 2. The number of amides is 2. The molecule has 0 fully saturated rings. The molecule has 0 heterocycles. The third-order valence-electron chi connectivity index (χ3n) is 9.23. The maximum absolute atomic E-state index is 13.9. The number of esters is 2. The van der Waals surface area contributed by atoms with Gasteiger partial charge in [-0.3, -0.25) is 28.8 Å². The Morgan fingerprint density at radius 1 is 0.534 bits per heavy atom. The number of hydrogen-bond donors (Lipinski definition) is 8. The molecule has 0 saturated heterocycles. The van der Waals surface area contributed by atoms with Crippen LogP contribution in [-0.2, 0) is 41.9 Å². The molecule has 4 aromatic rings. The highest BCUT2D eigenvalue weighted by Crippen LogP contribution is 2.42. The Kier molecular flexibility index (Phi) is 14.9. The van der Waals surface area contributed by atoms with E-state index in [-0.39, 0.29) is 98.7 Å². The molecule has 5 rings (SSSR count). The van der Waals surface area contributed by atoms with Crippen LogP contribution in [-0.4, -0.2) is 83.8 Å². The Balaban J connectivity index is 1.14. The van der Waals surface area contributed by atoms with Crippen LogP contribution in [0.4, 0.5) is 11.4 Å². The van der Waals surface area contributed by atoms with E-state index in [0.29, 0.717) is 0 Å². The van der Waals surface area contributed by atoms with Crippen molar-refractivity contribution in [3.8, 4) is 11.5 Å². The molecule has 0 aromatic heterocycles. The first-order valence-corrected chi connectivity index (χ1v) is 18.7. The first-order chi connectivity index (χ1) is 27.9. The zero-order chi connectivity index (χ0) is 41.6. The van der Waals surface area contributed by atoms with Crippen molar-refractivity contribution in [2.24, 2.45) is 11.5 Å². The summed E-state index contributed by atoms with van der Waals surface area (Å²) < 4.78 is 10.5. The van der Waals surface area contributed by atoms with E-state index in [2.05, 4.69) is 21.3 Å². The topological polar surface area (TPSA) is 262 Å². The van der Waals surface area contributed by atoms with Crippen LogP contribution in [0.1, 0.15) is 68.7 Å². The maximum atomic E-state index is 13.9. The number of rotatable bonds is 20. The van der Waals surface area contributed by atoms with E-state index in [0.717, 1.165) is 23.3 Å². The lowest BCUT2D eigenvalue weighted by Gasteiger charge is -2.25. The number of carbonyl (C=O) groups is 6. The summed E-state index contributed by atoms with van der Waals surface area (Å²) >= 11 is 0. The van der Waals surface area contributed by atoms with Gasteiger partial charge in [-0.1, -0.05) is 60.7 Å². The lowest BCUT2D eigenvalue weighted by atomic mass is 9.81. The molecule has 16 nitrogen and oxygen atoms in total. The third-order valence-corrected chi connectivity index (χ3v) is 9.23. The number of carbonyl (C=O) groups excluding carboxylic acids is 6. The third kappa shape index (κ3) is 11.2. The van der Waals surface area contributed by atoms with Gasteiger partial charge in [-0.25, -0.2) is 0 Å². The molecule has 0 spiro atoms. The quantitative estimate of drug-likeness (QED) is 0.0320. The van der Waals surface area contributed by atoms with Crippen molar-refractivity contribution in [3.63, 3.8) is 0 Å². The number of anilines is 2. The molecule has 0 saturated carbocycles. The number of phenols is 2. The largest absolute Gasteiger partial charge is 0.507 e. The first-order valence-electron chi connectivity index (χ1n) is 18.7. The van der Waals surface area contributed by atoms with Crippen molar-refractivity contribution in [1.29, 1.82) is 0 Å². The molecule has 0 radical (unpaired) electrons. The minimum atomic E-state index is -0.983. The molecule has 2 atom stereocenters. The van der Waals surface area contributed by atoms with Crippen molar-refractivity contribution >= 4 is 46.7 Å². The maximum Gasteiger partial charge on any atom is 0.306 e. The van der Waals surface area contributed by atoms with E-state index in [4.69, 9.17) is 20.9 Å². The summed E-state index contributed by atoms with van der Waals surface area (Å²) in [4.78, 5) is 77.3. The highest BCUT2D eigenvalue weighted by molar-refractivity contribution is 6.33. The Morgan fingerprint density at radius 2 is 0.914 bits per heavy atom. The van der Waals surface area contributed by atoms with Crippen LogP contribution in [0.2, 0.25) is 0 Å². The van der Waals surface area contributed by atoms with Gasteiger partial charge >= 0.3 is 11.9 Å². The molecule has 0 aliphatic heterocycles. The normalized spacial score (nSPS) is 12.7. The lowest BCUT2D eigenvalue weighted by molar-refractivity contribution is -0.146. The molecule has 0 bridgehead atoms. The van der Waals surface area contributed by atoms with Gasteiger partial charge in [0, 0.05) is 50.4 Å². The molecule has 2 amide bonds. The van der Waals surface area contributed by atoms with Gasteiger partial charge in [0.15, 0.2) is 0 Å². The zero-order valence-electron chi connectivity index (χ0n) is 31.6. The molecule has 304 valence electrons. The molecular formula is C42H46N6O10. The number of phenolic OH excluding ortho intramolecular Hbond substituents is 2. The van der Waals surface area contributed by atoms with Gasteiger partial charge in [0.2, 0.25) is 23.4 Å². The summed E-state index contributed by atoms with van der Waals surface area (Å²) in [5, 5.41) is 32.6. The average molecular weight is 795 g/mol. The number of nitrogens with one attached hydrogen (secondary N) is 4. The zero-order valence-corrected chi connectivity index (χ0v) is 31.6. The van der Waals surface area contributed by atoms with Crippen LogP contribution in [0.15, 0.2) is 84.9 Å². The van der Waals surface area contributed by atoms with Gasteiger partial charge in [0.1, 0.15) is 24.7 Å². The number of nitrogens with two attached hydrogens (primary N) is 2. The molecule has 1 aliphatic rings. The van der Waals surface area contributed by atoms with Gasteiger partial charge in [-0.15, -0.1) is 0 Å². The Morgan fingerprint density at radius 3 is 1.29 bits per heavy atom. The van der Waals surface area contributed by atoms with Crippen LogP contribution in [0.5, 0.6) is 11.5 Å². The molecule has 1 aliphatic carbocycles. The molecule has 16 heteroatoms. The van der Waals surface area contributed by atoms with Gasteiger partial charge in [-0.2, -0.15) is 0 Å². The highest BCUT2D eigenvalue weighted by atomic mass is 16.5. The smallest absolute Gasteiger partial charge is 0.306 e. The van der Waals surface area contributed by atoms with Gasteiger partial charge < -0.3 is 52.4 Å². The lowest BCUT2D eigenvalue weighted by Crippen LogP contribution is -2.42. The Labute approximate surface area is 334 Å². The van der Waals surface area contributed by atoms with E-state index >= 15 is 0 Å². The number of ketones is 2. The van der Waals surface area contributed by atoms with Crippen LogP contribution in [0, 0.1) is 0 Å². The second-order valence-corrected chi connectivity index (χ2v) is 13.4. The fraction of sp³-hybridized carbons (Fsp3) is 0.286. The average Bonchev–Trinajstić information content (AvgIpc) is 3.23. The number of ether oxygens (including phenoxy) is 2. The monoisotopic (exact) mass is 794 g/mol. The standard InChI is InChI=1S/C42H46N6O10/c43-27(11-17-33(51)57-23-25-7-3-1-4-8-25)41(55)47-21-19-45-29-13-14-30(36-35(29)39(53)37-31(49)15-16-32(50)38(37)40(36)54)46-20-22-48-42(56)28(44)12-18-34(52)58-24-26-9-5-2-6-10-26/h1-10,13-16,27-28,45-46,49-50H,11-12,17-24,43-44H2,(H,47,55)(H,48,56)/t27-,28-/m0/s1. The summed E-state index contributed by atoms with van der Waals surface area (Å²) in [7, 11) is 0. The highest BCUT2D eigenvalue weighted by Gasteiger charge is 2.38. The van der Waals surface area contributed by atoms with E-state index in [1.165, 1.54) is 12.1 Å². The SMILES string of the molecule is N[C@@H](CCC(=O)OCc1ccccc1)C(=O)NCCNc1ccc(NCCNC(=O)[C@@H](N)CCC(=O)OCc2ccccc2)c2c1C(=O)c1c(O)ccc(O)c1C2=O. The van der Waals surface area contributed by atoms with E-state index in [1.807, 2.05) is 60.7 Å². The van der Waals surface area contributed by atoms with Gasteiger partial charge in [-0.05, 0) is 48.2 Å². The van der Waals surface area contributed by atoms with Crippen molar-refractivity contribution in [3.05, 3.63) is 118 Å². The number of benzene rings is 4. The molecule has 10 N–H and O–H groups in total. The minimum absolute atomic E-state index is 0.0555. The predicted molar refractivity (Wildman–Crippen MR) is 213 cm³/mol. The molecule has 58 heavy (non-hydrogen) atoms. The fourth-order valence-electron chi connectivity index (χ4n) is 6.12. The molecule has 0 unspecified atom stereocenters. The Bertz CT molecular complexity index is 1980. The van der Waals surface area contributed by atoms with Crippen LogP contribution >= 0.6 is 0 Å². The van der Waals surface area contributed by atoms with Crippen LogP contribution in [0.25, 0.3) is 0 Å². The summed E-state index contributed by atoms with van der Waals surface area (Å²) in [6, 6.07) is 21.7. The van der Waals surface area contributed by atoms with Crippen molar-refractivity contribution in [1.82, 2.24) is 10.6 Å².